The van der Waals surface area contributed by atoms with Gasteiger partial charge in [0, 0.05) is 6.54 Å². The van der Waals surface area contributed by atoms with Crippen LogP contribution in [0, 0.1) is 0 Å². The van der Waals surface area contributed by atoms with Crippen molar-refractivity contribution in [3.63, 3.8) is 0 Å². The molecule has 4 aromatic rings. The van der Waals surface area contributed by atoms with E-state index in [1.165, 1.54) is 17.4 Å². The van der Waals surface area contributed by atoms with Crippen molar-refractivity contribution >= 4 is 11.9 Å². The highest BCUT2D eigenvalue weighted by Crippen LogP contribution is 2.23. The molecule has 0 bridgehead atoms. The Balaban J connectivity index is 1.65. The monoisotopic (exact) mass is 416 g/mol. The van der Waals surface area contributed by atoms with Crippen molar-refractivity contribution in [1.82, 2.24) is 14.8 Å². The molecule has 4 rings (SSSR count). The fourth-order valence-electron chi connectivity index (χ4n) is 3.22. The predicted molar refractivity (Wildman–Crippen MR) is 118 cm³/mol. The molecule has 0 spiro atoms. The molecule has 2 aromatic heterocycles. The lowest BCUT2D eigenvalue weighted by molar-refractivity contribution is 0.0944. The average Bonchev–Trinajstić information content (AvgIpc) is 3.47. The summed E-state index contributed by atoms with van der Waals surface area (Å²) < 4.78 is 12.0. The van der Waals surface area contributed by atoms with E-state index in [9.17, 15) is 4.79 Å². The molecular formula is C24H24N4O3. The van der Waals surface area contributed by atoms with Crippen LogP contribution in [0.5, 0.6) is 5.75 Å². The highest BCUT2D eigenvalue weighted by atomic mass is 16.5. The molecule has 7 nitrogen and oxygen atoms in total. The van der Waals surface area contributed by atoms with Crippen LogP contribution >= 0.6 is 0 Å². The van der Waals surface area contributed by atoms with Crippen LogP contribution in [0.2, 0.25) is 0 Å². The number of para-hydroxylation sites is 1. The van der Waals surface area contributed by atoms with Gasteiger partial charge in [-0.15, -0.1) is 5.10 Å². The lowest BCUT2D eigenvalue weighted by Gasteiger charge is -2.10. The molecule has 158 valence electrons. The summed E-state index contributed by atoms with van der Waals surface area (Å²) in [5, 5.41) is 7.63. The largest absolute Gasteiger partial charge is 0.496 e. The van der Waals surface area contributed by atoms with Crippen molar-refractivity contribution in [2.75, 3.05) is 12.4 Å². The average molecular weight is 416 g/mol. The minimum Gasteiger partial charge on any atom is -0.496 e. The Morgan fingerprint density at radius 2 is 1.87 bits per heavy atom. The molecule has 2 heterocycles. The van der Waals surface area contributed by atoms with Crippen LogP contribution in [0.15, 0.2) is 71.3 Å². The van der Waals surface area contributed by atoms with Crippen LogP contribution in [0.4, 0.5) is 5.95 Å². The van der Waals surface area contributed by atoms with Crippen molar-refractivity contribution in [3.05, 3.63) is 83.6 Å². The van der Waals surface area contributed by atoms with Gasteiger partial charge in [0.25, 0.3) is 5.91 Å². The van der Waals surface area contributed by atoms with Gasteiger partial charge in [-0.3, -0.25) is 4.79 Å². The lowest BCUT2D eigenvalue weighted by Crippen LogP contribution is -2.18. The summed E-state index contributed by atoms with van der Waals surface area (Å²) in [6.07, 6.45) is 1.54. The first-order valence-electron chi connectivity index (χ1n) is 10.1. The van der Waals surface area contributed by atoms with Crippen molar-refractivity contribution in [1.29, 1.82) is 0 Å². The van der Waals surface area contributed by atoms with E-state index in [4.69, 9.17) is 9.15 Å². The van der Waals surface area contributed by atoms with Gasteiger partial charge in [-0.2, -0.15) is 9.67 Å². The molecule has 0 radical (unpaired) electrons. The standard InChI is InChI=1S/C24H24N4O3/c1-16(2)18-12-10-17(11-13-18)15-25-24-26-22(21-9-6-14-31-21)27-28(24)23(29)19-7-4-5-8-20(19)30-3/h4-14,16H,15H2,1-3H3,(H,25,26,27). The molecule has 0 aliphatic rings. The first-order valence-corrected chi connectivity index (χ1v) is 10.1. The molecular weight excluding hydrogens is 392 g/mol. The number of aromatic nitrogens is 3. The molecule has 0 aliphatic carbocycles. The van der Waals surface area contributed by atoms with E-state index in [2.05, 4.69) is 53.5 Å². The second kappa shape index (κ2) is 8.87. The Morgan fingerprint density at radius 3 is 2.55 bits per heavy atom. The van der Waals surface area contributed by atoms with Crippen molar-refractivity contribution in [2.45, 2.75) is 26.3 Å². The Morgan fingerprint density at radius 1 is 1.10 bits per heavy atom. The number of methoxy groups -OCH3 is 1. The molecule has 0 atom stereocenters. The van der Waals surface area contributed by atoms with E-state index in [1.54, 1.807) is 36.6 Å². The maximum Gasteiger partial charge on any atom is 0.285 e. The summed E-state index contributed by atoms with van der Waals surface area (Å²) in [5.41, 5.74) is 2.74. The fourth-order valence-corrected chi connectivity index (χ4v) is 3.22. The van der Waals surface area contributed by atoms with Gasteiger partial charge >= 0.3 is 0 Å². The molecule has 0 saturated heterocycles. The molecule has 31 heavy (non-hydrogen) atoms. The van der Waals surface area contributed by atoms with Crippen molar-refractivity contribution in [3.8, 4) is 17.3 Å². The molecule has 0 amide bonds. The Labute approximate surface area is 180 Å². The van der Waals surface area contributed by atoms with Crippen LogP contribution in [-0.4, -0.2) is 27.8 Å². The number of nitrogens with one attached hydrogen (secondary N) is 1. The lowest BCUT2D eigenvalue weighted by atomic mass is 10.0. The van der Waals surface area contributed by atoms with Crippen molar-refractivity contribution < 1.29 is 13.9 Å². The third-order valence-corrected chi connectivity index (χ3v) is 4.98. The highest BCUT2D eigenvalue weighted by molar-refractivity contribution is 5.99. The number of hydrogen-bond donors (Lipinski definition) is 1. The molecule has 1 N–H and O–H groups in total. The van der Waals surface area contributed by atoms with Gasteiger partial charge in [0.2, 0.25) is 11.8 Å². The molecule has 0 saturated carbocycles. The van der Waals surface area contributed by atoms with E-state index in [0.29, 0.717) is 41.3 Å². The third-order valence-electron chi connectivity index (χ3n) is 4.98. The number of nitrogens with zero attached hydrogens (tertiary/aromatic N) is 3. The van der Waals surface area contributed by atoms with Gasteiger partial charge in [-0.1, -0.05) is 50.2 Å². The Hall–Kier alpha value is -3.87. The maximum absolute atomic E-state index is 13.3. The number of ether oxygens (including phenoxy) is 1. The molecule has 0 unspecified atom stereocenters. The Kier molecular flexibility index (Phi) is 5.84. The summed E-state index contributed by atoms with van der Waals surface area (Å²) in [6.45, 7) is 4.82. The van der Waals surface area contributed by atoms with Crippen LogP contribution in [0.25, 0.3) is 11.6 Å². The van der Waals surface area contributed by atoms with E-state index in [1.807, 2.05) is 6.07 Å². The second-order valence-corrected chi connectivity index (χ2v) is 7.40. The summed E-state index contributed by atoms with van der Waals surface area (Å²) in [5.74, 6) is 1.73. The Bertz CT molecular complexity index is 1160. The predicted octanol–water partition coefficient (Wildman–Crippen LogP) is 4.97. The van der Waals surface area contributed by atoms with Crippen LogP contribution in [0.3, 0.4) is 0 Å². The first-order chi connectivity index (χ1) is 15.1. The zero-order valence-electron chi connectivity index (χ0n) is 17.7. The van der Waals surface area contributed by atoms with Crippen molar-refractivity contribution in [2.24, 2.45) is 0 Å². The smallest absolute Gasteiger partial charge is 0.285 e. The van der Waals surface area contributed by atoms with Crippen LogP contribution in [-0.2, 0) is 6.54 Å². The van der Waals surface area contributed by atoms with E-state index in [0.717, 1.165) is 5.56 Å². The zero-order valence-corrected chi connectivity index (χ0v) is 17.7. The number of hydrogen-bond acceptors (Lipinski definition) is 6. The van der Waals surface area contributed by atoms with Gasteiger partial charge in [-0.05, 0) is 41.3 Å². The summed E-state index contributed by atoms with van der Waals surface area (Å²) >= 11 is 0. The van der Waals surface area contributed by atoms with Gasteiger partial charge in [0.15, 0.2) is 5.76 Å². The molecule has 2 aromatic carbocycles. The van der Waals surface area contributed by atoms with Gasteiger partial charge in [0.1, 0.15) is 5.75 Å². The number of benzene rings is 2. The van der Waals surface area contributed by atoms with Crippen LogP contribution < -0.4 is 10.1 Å². The van der Waals surface area contributed by atoms with Gasteiger partial charge in [-0.25, -0.2) is 0 Å². The summed E-state index contributed by atoms with van der Waals surface area (Å²) in [7, 11) is 1.53. The fraction of sp³-hybridized carbons (Fsp3) is 0.208. The zero-order chi connectivity index (χ0) is 21.8. The normalized spacial score (nSPS) is 11.0. The van der Waals surface area contributed by atoms with Crippen LogP contribution in [0.1, 0.15) is 41.3 Å². The molecule has 7 heteroatoms. The number of carbonyl (C=O) groups is 1. The highest BCUT2D eigenvalue weighted by Gasteiger charge is 2.22. The van der Waals surface area contributed by atoms with Gasteiger partial charge in [0.05, 0.1) is 18.9 Å². The minimum atomic E-state index is -0.347. The topological polar surface area (TPSA) is 82.2 Å². The number of rotatable bonds is 7. The SMILES string of the molecule is COc1ccccc1C(=O)n1nc(-c2ccco2)nc1NCc1ccc(C(C)C)cc1. The number of anilines is 1. The summed E-state index contributed by atoms with van der Waals surface area (Å²) in [6, 6.07) is 18.9. The van der Waals surface area contributed by atoms with E-state index >= 15 is 0 Å². The first kappa shape index (κ1) is 20.4. The van der Waals surface area contributed by atoms with E-state index in [-0.39, 0.29) is 5.91 Å². The second-order valence-electron chi connectivity index (χ2n) is 7.40. The summed E-state index contributed by atoms with van der Waals surface area (Å²) in [4.78, 5) is 17.8. The quantitative estimate of drug-likeness (QED) is 0.458. The van der Waals surface area contributed by atoms with E-state index < -0.39 is 0 Å². The third kappa shape index (κ3) is 4.35. The number of carbonyl (C=O) groups excluding carboxylic acids is 1. The van der Waals surface area contributed by atoms with Gasteiger partial charge < -0.3 is 14.5 Å². The maximum atomic E-state index is 13.3. The molecule has 0 aliphatic heterocycles. The molecule has 0 fully saturated rings. The number of furan rings is 1. The minimum absolute atomic E-state index is 0.325.